The summed E-state index contributed by atoms with van der Waals surface area (Å²) in [5, 5.41) is 8.63. The summed E-state index contributed by atoms with van der Waals surface area (Å²) in [5.41, 5.74) is 0.920. The lowest BCUT2D eigenvalue weighted by Crippen LogP contribution is -2.29. The first-order valence-electron chi connectivity index (χ1n) is 5.81. The van der Waals surface area contributed by atoms with Crippen LogP contribution in [-0.4, -0.2) is 25.9 Å². The molecular formula is C12H18BrNO3S. The van der Waals surface area contributed by atoms with Crippen LogP contribution < -0.4 is 4.72 Å². The molecule has 0 aromatic heterocycles. The normalized spacial score (nSPS) is 13.5. The highest BCUT2D eigenvalue weighted by Gasteiger charge is 2.15. The van der Waals surface area contributed by atoms with Gasteiger partial charge in [0.2, 0.25) is 10.0 Å². The molecule has 0 bridgehead atoms. The van der Waals surface area contributed by atoms with Crippen molar-refractivity contribution in [1.29, 1.82) is 0 Å². The molecule has 1 aromatic carbocycles. The summed E-state index contributed by atoms with van der Waals surface area (Å²) in [7, 11) is -3.28. The quantitative estimate of drug-likeness (QED) is 0.750. The first kappa shape index (κ1) is 15.6. The Morgan fingerprint density at radius 1 is 1.28 bits per heavy atom. The molecule has 1 aromatic rings. The van der Waals surface area contributed by atoms with Crippen LogP contribution in [0.1, 0.15) is 31.4 Å². The van der Waals surface area contributed by atoms with Crippen LogP contribution in [0.3, 0.4) is 0 Å². The standard InChI is InChI=1S/C12H18BrNO3S/c1-10(11-4-6-12(13)7-5-11)14-18(16,17)9-3-2-8-15/h4-7,10,14-15H,2-3,8-9H2,1H3. The fourth-order valence-corrected chi connectivity index (χ4v) is 3.19. The third-order valence-corrected chi connectivity index (χ3v) is 4.61. The van der Waals surface area contributed by atoms with Crippen LogP contribution in [0.4, 0.5) is 0 Å². The van der Waals surface area contributed by atoms with Gasteiger partial charge in [0.25, 0.3) is 0 Å². The molecule has 0 aliphatic rings. The molecule has 0 saturated heterocycles. The van der Waals surface area contributed by atoms with Gasteiger partial charge >= 0.3 is 0 Å². The number of unbranched alkanes of at least 4 members (excludes halogenated alkanes) is 1. The van der Waals surface area contributed by atoms with Crippen molar-refractivity contribution in [2.45, 2.75) is 25.8 Å². The van der Waals surface area contributed by atoms with Gasteiger partial charge in [0.15, 0.2) is 0 Å². The highest BCUT2D eigenvalue weighted by atomic mass is 79.9. The number of aliphatic hydroxyl groups is 1. The largest absolute Gasteiger partial charge is 0.396 e. The van der Waals surface area contributed by atoms with Crippen molar-refractivity contribution in [2.75, 3.05) is 12.4 Å². The van der Waals surface area contributed by atoms with E-state index in [2.05, 4.69) is 20.7 Å². The van der Waals surface area contributed by atoms with Crippen molar-refractivity contribution in [3.05, 3.63) is 34.3 Å². The number of rotatable bonds is 7. The molecule has 0 heterocycles. The summed E-state index contributed by atoms with van der Waals surface area (Å²) in [5.74, 6) is 0.0500. The van der Waals surface area contributed by atoms with Gasteiger partial charge in [-0.1, -0.05) is 28.1 Å². The van der Waals surface area contributed by atoms with E-state index in [1.807, 2.05) is 31.2 Å². The number of hydrogen-bond donors (Lipinski definition) is 2. The van der Waals surface area contributed by atoms with E-state index in [-0.39, 0.29) is 18.4 Å². The van der Waals surface area contributed by atoms with E-state index < -0.39 is 10.0 Å². The highest BCUT2D eigenvalue weighted by Crippen LogP contribution is 2.17. The van der Waals surface area contributed by atoms with Gasteiger partial charge in [-0.3, -0.25) is 0 Å². The van der Waals surface area contributed by atoms with Crippen LogP contribution in [-0.2, 0) is 10.0 Å². The van der Waals surface area contributed by atoms with E-state index in [4.69, 9.17) is 5.11 Å². The molecule has 6 heteroatoms. The van der Waals surface area contributed by atoms with Crippen LogP contribution in [0.15, 0.2) is 28.7 Å². The molecule has 2 N–H and O–H groups in total. The first-order chi connectivity index (χ1) is 8.44. The SMILES string of the molecule is CC(NS(=O)(=O)CCCCO)c1ccc(Br)cc1. The highest BCUT2D eigenvalue weighted by molar-refractivity contribution is 9.10. The Morgan fingerprint density at radius 3 is 2.44 bits per heavy atom. The van der Waals surface area contributed by atoms with Gasteiger partial charge in [-0.25, -0.2) is 13.1 Å². The molecule has 0 saturated carbocycles. The van der Waals surface area contributed by atoms with Crippen LogP contribution in [0.5, 0.6) is 0 Å². The zero-order valence-electron chi connectivity index (χ0n) is 10.3. The number of benzene rings is 1. The van der Waals surface area contributed by atoms with E-state index in [1.54, 1.807) is 0 Å². The summed E-state index contributed by atoms with van der Waals surface area (Å²) >= 11 is 3.34. The molecular weight excluding hydrogens is 318 g/mol. The van der Waals surface area contributed by atoms with Crippen molar-refractivity contribution in [3.8, 4) is 0 Å². The van der Waals surface area contributed by atoms with Crippen LogP contribution in [0.25, 0.3) is 0 Å². The summed E-state index contributed by atoms with van der Waals surface area (Å²) in [4.78, 5) is 0. The van der Waals surface area contributed by atoms with E-state index in [0.717, 1.165) is 10.0 Å². The lowest BCUT2D eigenvalue weighted by molar-refractivity contribution is 0.287. The lowest BCUT2D eigenvalue weighted by atomic mass is 10.1. The van der Waals surface area contributed by atoms with Crippen molar-refractivity contribution >= 4 is 26.0 Å². The summed E-state index contributed by atoms with van der Waals surface area (Å²) in [6.07, 6.45) is 0.979. The fraction of sp³-hybridized carbons (Fsp3) is 0.500. The first-order valence-corrected chi connectivity index (χ1v) is 8.25. The smallest absolute Gasteiger partial charge is 0.212 e. The van der Waals surface area contributed by atoms with E-state index in [9.17, 15) is 8.42 Å². The third kappa shape index (κ3) is 5.48. The van der Waals surface area contributed by atoms with Gasteiger partial charge < -0.3 is 5.11 Å². The molecule has 1 rings (SSSR count). The topological polar surface area (TPSA) is 66.4 Å². The monoisotopic (exact) mass is 335 g/mol. The predicted molar refractivity (Wildman–Crippen MR) is 75.8 cm³/mol. The van der Waals surface area contributed by atoms with Gasteiger partial charge in [0.05, 0.1) is 5.75 Å². The van der Waals surface area contributed by atoms with Gasteiger partial charge in [-0.2, -0.15) is 0 Å². The molecule has 102 valence electrons. The summed E-state index contributed by atoms with van der Waals surface area (Å²) in [6.45, 7) is 1.84. The number of halogens is 1. The summed E-state index contributed by atoms with van der Waals surface area (Å²) < 4.78 is 27.1. The Hall–Kier alpha value is -0.430. The number of hydrogen-bond acceptors (Lipinski definition) is 3. The fourth-order valence-electron chi connectivity index (χ4n) is 1.55. The molecule has 0 aliphatic carbocycles. The van der Waals surface area contributed by atoms with Crippen molar-refractivity contribution < 1.29 is 13.5 Å². The van der Waals surface area contributed by atoms with Crippen molar-refractivity contribution in [2.24, 2.45) is 0 Å². The molecule has 1 atom stereocenters. The predicted octanol–water partition coefficient (Wildman–Crippen LogP) is 2.20. The van der Waals surface area contributed by atoms with E-state index >= 15 is 0 Å². The molecule has 0 aliphatic heterocycles. The Balaban J connectivity index is 2.58. The Morgan fingerprint density at radius 2 is 1.89 bits per heavy atom. The average molecular weight is 336 g/mol. The van der Waals surface area contributed by atoms with Crippen LogP contribution >= 0.6 is 15.9 Å². The van der Waals surface area contributed by atoms with Crippen LogP contribution in [0, 0.1) is 0 Å². The average Bonchev–Trinajstić information content (AvgIpc) is 2.29. The molecule has 0 spiro atoms. The van der Waals surface area contributed by atoms with Crippen molar-refractivity contribution in [3.63, 3.8) is 0 Å². The third-order valence-electron chi connectivity index (χ3n) is 2.55. The lowest BCUT2D eigenvalue weighted by Gasteiger charge is -2.14. The second kappa shape index (κ2) is 7.23. The van der Waals surface area contributed by atoms with Gasteiger partial charge in [-0.15, -0.1) is 0 Å². The molecule has 4 nitrogen and oxygen atoms in total. The maximum atomic E-state index is 11.8. The summed E-state index contributed by atoms with van der Waals surface area (Å²) in [6, 6.07) is 7.27. The molecule has 0 amide bonds. The molecule has 18 heavy (non-hydrogen) atoms. The maximum absolute atomic E-state index is 11.8. The van der Waals surface area contributed by atoms with Crippen LogP contribution in [0.2, 0.25) is 0 Å². The molecule has 0 radical (unpaired) electrons. The zero-order valence-corrected chi connectivity index (χ0v) is 12.7. The Kier molecular flexibility index (Phi) is 6.28. The van der Waals surface area contributed by atoms with Gasteiger partial charge in [-0.05, 0) is 37.5 Å². The second-order valence-electron chi connectivity index (χ2n) is 4.14. The van der Waals surface area contributed by atoms with E-state index in [1.165, 1.54) is 0 Å². The number of nitrogens with one attached hydrogen (secondary N) is 1. The van der Waals surface area contributed by atoms with Gasteiger partial charge in [0.1, 0.15) is 0 Å². The molecule has 0 fully saturated rings. The maximum Gasteiger partial charge on any atom is 0.212 e. The second-order valence-corrected chi connectivity index (χ2v) is 6.93. The Labute approximate surface area is 117 Å². The van der Waals surface area contributed by atoms with Crippen molar-refractivity contribution in [1.82, 2.24) is 4.72 Å². The minimum absolute atomic E-state index is 0.0256. The van der Waals surface area contributed by atoms with Gasteiger partial charge in [0, 0.05) is 17.1 Å². The molecule has 1 unspecified atom stereocenters. The Bertz CT molecular complexity index is 459. The zero-order chi connectivity index (χ0) is 13.6. The number of sulfonamides is 1. The van der Waals surface area contributed by atoms with E-state index in [0.29, 0.717) is 12.8 Å². The minimum Gasteiger partial charge on any atom is -0.396 e. The number of aliphatic hydroxyl groups excluding tert-OH is 1. The minimum atomic E-state index is -3.28.